The first kappa shape index (κ1) is 11.7. The molecule has 1 aliphatic rings. The number of hydrogen-bond acceptors (Lipinski definition) is 3. The minimum Gasteiger partial charge on any atom is -0.473 e. The first-order valence-electron chi connectivity index (χ1n) is 5.73. The number of halogens is 1. The number of aromatic nitrogens is 1. The Bertz CT molecular complexity index is 362. The van der Waals surface area contributed by atoms with Crippen molar-refractivity contribution in [3.63, 3.8) is 0 Å². The van der Waals surface area contributed by atoms with E-state index in [1.54, 1.807) is 6.20 Å². The van der Waals surface area contributed by atoms with Crippen LogP contribution in [0.3, 0.4) is 0 Å². The van der Waals surface area contributed by atoms with Gasteiger partial charge in [0, 0.05) is 10.7 Å². The third kappa shape index (κ3) is 2.88. The van der Waals surface area contributed by atoms with Crippen LogP contribution in [0.25, 0.3) is 0 Å². The molecule has 0 saturated heterocycles. The number of anilines is 1. The van der Waals surface area contributed by atoms with Gasteiger partial charge >= 0.3 is 0 Å². The average Bonchev–Trinajstić information content (AvgIpc) is 2.25. The summed E-state index contributed by atoms with van der Waals surface area (Å²) >= 11 is 3.33. The molecule has 0 amide bonds. The Labute approximate surface area is 105 Å². The molecule has 0 aliphatic heterocycles. The number of pyridine rings is 1. The summed E-state index contributed by atoms with van der Waals surface area (Å²) in [6.07, 6.45) is 6.70. The molecule has 1 aromatic rings. The van der Waals surface area contributed by atoms with E-state index in [4.69, 9.17) is 10.5 Å². The maximum atomic E-state index is 5.85. The molecule has 0 radical (unpaired) electrons. The van der Waals surface area contributed by atoms with E-state index in [9.17, 15) is 0 Å². The van der Waals surface area contributed by atoms with Crippen LogP contribution in [-0.4, -0.2) is 11.1 Å². The van der Waals surface area contributed by atoms with Crippen molar-refractivity contribution in [3.8, 4) is 5.88 Å². The predicted octanol–water partition coefficient (Wildman–Crippen LogP) is 3.38. The van der Waals surface area contributed by atoms with Crippen molar-refractivity contribution in [2.24, 2.45) is 5.92 Å². The van der Waals surface area contributed by atoms with Crippen molar-refractivity contribution in [2.75, 3.05) is 5.73 Å². The molecular formula is C12H17BrN2O. The molecule has 16 heavy (non-hydrogen) atoms. The number of rotatable bonds is 2. The van der Waals surface area contributed by atoms with Crippen molar-refractivity contribution in [3.05, 3.63) is 16.7 Å². The van der Waals surface area contributed by atoms with Gasteiger partial charge in [0.05, 0.1) is 5.69 Å². The quantitative estimate of drug-likeness (QED) is 0.906. The molecule has 0 bridgehead atoms. The van der Waals surface area contributed by atoms with E-state index >= 15 is 0 Å². The van der Waals surface area contributed by atoms with Gasteiger partial charge in [-0.1, -0.05) is 6.92 Å². The predicted molar refractivity (Wildman–Crippen MR) is 68.4 cm³/mol. The Morgan fingerprint density at radius 1 is 1.38 bits per heavy atom. The molecule has 0 unspecified atom stereocenters. The van der Waals surface area contributed by atoms with Crippen LogP contribution in [0.1, 0.15) is 32.6 Å². The second-order valence-corrected chi connectivity index (χ2v) is 5.46. The molecule has 0 aromatic carbocycles. The van der Waals surface area contributed by atoms with Crippen molar-refractivity contribution in [1.29, 1.82) is 0 Å². The topological polar surface area (TPSA) is 48.1 Å². The molecule has 0 atom stereocenters. The first-order valence-corrected chi connectivity index (χ1v) is 6.52. The van der Waals surface area contributed by atoms with Crippen molar-refractivity contribution in [1.82, 2.24) is 4.98 Å². The van der Waals surface area contributed by atoms with Crippen LogP contribution in [-0.2, 0) is 0 Å². The number of ether oxygens (including phenoxy) is 1. The van der Waals surface area contributed by atoms with E-state index < -0.39 is 0 Å². The van der Waals surface area contributed by atoms with Gasteiger partial charge in [-0.05, 0) is 53.6 Å². The monoisotopic (exact) mass is 284 g/mol. The van der Waals surface area contributed by atoms with E-state index in [1.807, 2.05) is 6.07 Å². The summed E-state index contributed by atoms with van der Waals surface area (Å²) in [4.78, 5) is 4.20. The molecule has 1 heterocycles. The second kappa shape index (κ2) is 5.04. The lowest BCUT2D eigenvalue weighted by Gasteiger charge is -2.26. The van der Waals surface area contributed by atoms with Gasteiger partial charge in [-0.25, -0.2) is 4.98 Å². The average molecular weight is 285 g/mol. The molecule has 1 fully saturated rings. The highest BCUT2D eigenvalue weighted by atomic mass is 79.9. The number of hydrogen-bond donors (Lipinski definition) is 1. The lowest BCUT2D eigenvalue weighted by Crippen LogP contribution is -2.23. The first-order chi connectivity index (χ1) is 7.65. The summed E-state index contributed by atoms with van der Waals surface area (Å²) < 4.78 is 6.72. The Hall–Kier alpha value is -0.770. The maximum Gasteiger partial charge on any atom is 0.237 e. The summed E-state index contributed by atoms with van der Waals surface area (Å²) in [6.45, 7) is 2.29. The van der Waals surface area contributed by atoms with Crippen molar-refractivity contribution < 1.29 is 4.74 Å². The largest absolute Gasteiger partial charge is 0.473 e. The van der Waals surface area contributed by atoms with Crippen LogP contribution < -0.4 is 10.5 Å². The highest BCUT2D eigenvalue weighted by molar-refractivity contribution is 9.10. The summed E-state index contributed by atoms with van der Waals surface area (Å²) in [5, 5.41) is 0. The fourth-order valence-corrected chi connectivity index (χ4v) is 2.40. The highest BCUT2D eigenvalue weighted by Gasteiger charge is 2.20. The Balaban J connectivity index is 1.98. The number of nitrogens with zero attached hydrogens (tertiary/aromatic N) is 1. The zero-order valence-corrected chi connectivity index (χ0v) is 11.0. The fraction of sp³-hybridized carbons (Fsp3) is 0.583. The molecule has 88 valence electrons. The Morgan fingerprint density at radius 3 is 2.69 bits per heavy atom. The molecule has 1 aromatic heterocycles. The zero-order chi connectivity index (χ0) is 11.5. The van der Waals surface area contributed by atoms with Crippen LogP contribution in [0.5, 0.6) is 5.88 Å². The molecule has 2 N–H and O–H groups in total. The normalized spacial score (nSPS) is 25.4. The van der Waals surface area contributed by atoms with Crippen molar-refractivity contribution in [2.45, 2.75) is 38.7 Å². The molecule has 1 saturated carbocycles. The summed E-state index contributed by atoms with van der Waals surface area (Å²) in [7, 11) is 0. The van der Waals surface area contributed by atoms with Gasteiger partial charge in [0.1, 0.15) is 6.10 Å². The molecule has 2 rings (SSSR count). The lowest BCUT2D eigenvalue weighted by atomic mass is 9.89. The van der Waals surface area contributed by atoms with Crippen LogP contribution in [0.15, 0.2) is 16.7 Å². The zero-order valence-electron chi connectivity index (χ0n) is 9.45. The Morgan fingerprint density at radius 2 is 2.06 bits per heavy atom. The second-order valence-electron chi connectivity index (χ2n) is 4.55. The summed E-state index contributed by atoms with van der Waals surface area (Å²) in [6, 6.07) is 1.83. The molecule has 3 nitrogen and oxygen atoms in total. The lowest BCUT2D eigenvalue weighted by molar-refractivity contribution is 0.131. The fourth-order valence-electron chi connectivity index (χ4n) is 2.05. The summed E-state index contributed by atoms with van der Waals surface area (Å²) in [5.74, 6) is 1.40. The van der Waals surface area contributed by atoms with Gasteiger partial charge in [-0.15, -0.1) is 0 Å². The highest BCUT2D eigenvalue weighted by Crippen LogP contribution is 2.29. The van der Waals surface area contributed by atoms with E-state index in [0.717, 1.165) is 23.2 Å². The van der Waals surface area contributed by atoms with E-state index in [-0.39, 0.29) is 6.10 Å². The molecular weight excluding hydrogens is 268 g/mol. The third-order valence-corrected chi connectivity index (χ3v) is 3.52. The third-order valence-electron chi connectivity index (χ3n) is 3.09. The van der Waals surface area contributed by atoms with Crippen LogP contribution >= 0.6 is 15.9 Å². The molecule has 0 spiro atoms. The minimum absolute atomic E-state index is 0.284. The van der Waals surface area contributed by atoms with Gasteiger partial charge < -0.3 is 10.5 Å². The molecule has 1 aliphatic carbocycles. The smallest absolute Gasteiger partial charge is 0.237 e. The van der Waals surface area contributed by atoms with Gasteiger partial charge in [0.15, 0.2) is 0 Å². The minimum atomic E-state index is 0.284. The van der Waals surface area contributed by atoms with Crippen molar-refractivity contribution >= 4 is 21.6 Å². The van der Waals surface area contributed by atoms with Gasteiger partial charge in [0.25, 0.3) is 0 Å². The standard InChI is InChI=1S/C12H17BrN2O/c1-8-2-4-10(5-3-8)16-12-11(14)6-9(13)7-15-12/h6-8,10H,2-5,14H2,1H3. The van der Waals surface area contributed by atoms with Gasteiger partial charge in [-0.2, -0.15) is 0 Å². The summed E-state index contributed by atoms with van der Waals surface area (Å²) in [5.41, 5.74) is 6.45. The van der Waals surface area contributed by atoms with E-state index in [1.165, 1.54) is 12.8 Å². The SMILES string of the molecule is CC1CCC(Oc2ncc(Br)cc2N)CC1. The van der Waals surface area contributed by atoms with E-state index in [2.05, 4.69) is 27.8 Å². The van der Waals surface area contributed by atoms with Gasteiger partial charge in [0.2, 0.25) is 5.88 Å². The van der Waals surface area contributed by atoms with Crippen LogP contribution in [0, 0.1) is 5.92 Å². The van der Waals surface area contributed by atoms with Crippen LogP contribution in [0.2, 0.25) is 0 Å². The maximum absolute atomic E-state index is 5.85. The van der Waals surface area contributed by atoms with Crippen LogP contribution in [0.4, 0.5) is 5.69 Å². The van der Waals surface area contributed by atoms with Gasteiger partial charge in [-0.3, -0.25) is 0 Å². The number of nitrogen functional groups attached to an aromatic ring is 1. The molecule has 4 heteroatoms. The number of nitrogens with two attached hydrogens (primary N) is 1. The van der Waals surface area contributed by atoms with E-state index in [0.29, 0.717) is 11.6 Å². The Kier molecular flexibility index (Phi) is 3.69.